The second-order valence-electron chi connectivity index (χ2n) is 4.43. The van der Waals surface area contributed by atoms with Gasteiger partial charge < -0.3 is 15.5 Å². The molecule has 7 nitrogen and oxygen atoms in total. The lowest BCUT2D eigenvalue weighted by Crippen LogP contribution is -2.23. The van der Waals surface area contributed by atoms with Gasteiger partial charge in [0.2, 0.25) is 0 Å². The van der Waals surface area contributed by atoms with Crippen LogP contribution in [0, 0.1) is 0 Å². The molecule has 0 saturated heterocycles. The van der Waals surface area contributed by atoms with Gasteiger partial charge >= 0.3 is 0 Å². The average molecular weight is 271 g/mol. The molecule has 2 aromatic heterocycles. The molecule has 0 radical (unpaired) electrons. The van der Waals surface area contributed by atoms with Crippen LogP contribution in [0.5, 0.6) is 0 Å². The lowest BCUT2D eigenvalue weighted by molar-refractivity contribution is 0.0924. The summed E-state index contributed by atoms with van der Waals surface area (Å²) in [5, 5.41) is 7.57. The fraction of sp³-hybridized carbons (Fsp3) is 0.154. The van der Waals surface area contributed by atoms with Gasteiger partial charge in [-0.15, -0.1) is 0 Å². The molecular weight excluding hydrogens is 258 g/mol. The van der Waals surface area contributed by atoms with E-state index in [2.05, 4.69) is 15.4 Å². The number of aromatic nitrogens is 3. The van der Waals surface area contributed by atoms with Crippen molar-refractivity contribution in [2.24, 2.45) is 7.05 Å². The third-order valence-corrected chi connectivity index (χ3v) is 2.82. The van der Waals surface area contributed by atoms with Crippen LogP contribution >= 0.6 is 0 Å². The summed E-state index contributed by atoms with van der Waals surface area (Å²) in [5.74, 6) is 0.468. The van der Waals surface area contributed by atoms with Crippen LogP contribution in [0.2, 0.25) is 0 Å². The van der Waals surface area contributed by atoms with E-state index in [4.69, 9.17) is 10.2 Å². The Morgan fingerprint density at radius 3 is 3.05 bits per heavy atom. The highest BCUT2D eigenvalue weighted by Gasteiger charge is 2.12. The summed E-state index contributed by atoms with van der Waals surface area (Å²) in [7, 11) is 1.77. The first kappa shape index (κ1) is 12.2. The number of anilines is 1. The van der Waals surface area contributed by atoms with Crippen molar-refractivity contribution >= 4 is 22.6 Å². The normalized spacial score (nSPS) is 10.8. The molecule has 0 atom stereocenters. The minimum Gasteiger partial charge on any atom is -0.451 e. The number of benzene rings is 1. The SMILES string of the molecule is Cn1cnc(CNC(=O)c2cc3cc(N)ccc3o2)n1. The quantitative estimate of drug-likeness (QED) is 0.694. The van der Waals surface area contributed by atoms with E-state index in [0.717, 1.165) is 5.39 Å². The molecule has 0 aliphatic heterocycles. The first-order chi connectivity index (χ1) is 9.61. The van der Waals surface area contributed by atoms with Gasteiger partial charge in [-0.3, -0.25) is 9.48 Å². The van der Waals surface area contributed by atoms with Gasteiger partial charge in [-0.1, -0.05) is 0 Å². The first-order valence-corrected chi connectivity index (χ1v) is 6.03. The Balaban J connectivity index is 1.75. The van der Waals surface area contributed by atoms with Crippen molar-refractivity contribution < 1.29 is 9.21 Å². The summed E-state index contributed by atoms with van der Waals surface area (Å²) in [6.07, 6.45) is 1.57. The van der Waals surface area contributed by atoms with E-state index in [1.165, 1.54) is 0 Å². The molecule has 7 heteroatoms. The molecule has 3 N–H and O–H groups in total. The fourth-order valence-electron chi connectivity index (χ4n) is 1.89. The van der Waals surface area contributed by atoms with Gasteiger partial charge in [-0.25, -0.2) is 4.98 Å². The maximum absolute atomic E-state index is 12.0. The van der Waals surface area contributed by atoms with Crippen LogP contribution in [0.25, 0.3) is 11.0 Å². The van der Waals surface area contributed by atoms with Crippen molar-refractivity contribution in [3.63, 3.8) is 0 Å². The zero-order valence-electron chi connectivity index (χ0n) is 10.8. The number of hydrogen-bond acceptors (Lipinski definition) is 5. The first-order valence-electron chi connectivity index (χ1n) is 6.03. The lowest BCUT2D eigenvalue weighted by atomic mass is 10.2. The molecule has 1 aromatic carbocycles. The van der Waals surface area contributed by atoms with E-state index in [1.54, 1.807) is 42.3 Å². The van der Waals surface area contributed by atoms with Crippen LogP contribution in [0.15, 0.2) is 35.0 Å². The van der Waals surface area contributed by atoms with Crippen molar-refractivity contribution in [2.75, 3.05) is 5.73 Å². The smallest absolute Gasteiger partial charge is 0.287 e. The fourth-order valence-corrected chi connectivity index (χ4v) is 1.89. The van der Waals surface area contributed by atoms with Crippen molar-refractivity contribution in [2.45, 2.75) is 6.54 Å². The number of nitrogens with zero attached hydrogens (tertiary/aromatic N) is 3. The molecule has 0 aliphatic rings. The third kappa shape index (κ3) is 2.33. The van der Waals surface area contributed by atoms with Gasteiger partial charge in [0, 0.05) is 18.1 Å². The third-order valence-electron chi connectivity index (χ3n) is 2.82. The summed E-state index contributed by atoms with van der Waals surface area (Å²) < 4.78 is 7.04. The van der Waals surface area contributed by atoms with Crippen molar-refractivity contribution in [3.05, 3.63) is 42.2 Å². The molecule has 0 fully saturated rings. The predicted octanol–water partition coefficient (Wildman–Crippen LogP) is 1.07. The predicted molar refractivity (Wildman–Crippen MR) is 72.8 cm³/mol. The number of aryl methyl sites for hydroxylation is 1. The van der Waals surface area contributed by atoms with Gasteiger partial charge in [-0.05, 0) is 24.3 Å². The van der Waals surface area contributed by atoms with Crippen LogP contribution in [0.1, 0.15) is 16.4 Å². The second kappa shape index (κ2) is 4.69. The van der Waals surface area contributed by atoms with E-state index in [9.17, 15) is 4.79 Å². The summed E-state index contributed by atoms with van der Waals surface area (Å²) in [4.78, 5) is 16.0. The number of carbonyl (C=O) groups excluding carboxylic acids is 1. The molecule has 0 bridgehead atoms. The highest BCUT2D eigenvalue weighted by Crippen LogP contribution is 2.21. The molecule has 2 heterocycles. The Hall–Kier alpha value is -2.83. The molecule has 0 saturated carbocycles. The Morgan fingerprint density at radius 2 is 2.30 bits per heavy atom. The molecule has 3 rings (SSSR count). The molecule has 20 heavy (non-hydrogen) atoms. The highest BCUT2D eigenvalue weighted by atomic mass is 16.3. The molecule has 102 valence electrons. The molecular formula is C13H13N5O2. The largest absolute Gasteiger partial charge is 0.451 e. The van der Waals surface area contributed by atoms with E-state index >= 15 is 0 Å². The number of rotatable bonds is 3. The maximum Gasteiger partial charge on any atom is 0.287 e. The molecule has 0 unspecified atom stereocenters. The van der Waals surface area contributed by atoms with Gasteiger partial charge in [-0.2, -0.15) is 5.10 Å². The lowest BCUT2D eigenvalue weighted by Gasteiger charge is -1.98. The Kier molecular flexibility index (Phi) is 2.86. The number of nitrogens with one attached hydrogen (secondary N) is 1. The minimum atomic E-state index is -0.313. The number of fused-ring (bicyclic) bond motifs is 1. The van der Waals surface area contributed by atoms with Crippen molar-refractivity contribution in [1.29, 1.82) is 0 Å². The number of furan rings is 1. The van der Waals surface area contributed by atoms with Gasteiger partial charge in [0.15, 0.2) is 11.6 Å². The van der Waals surface area contributed by atoms with E-state index in [1.807, 2.05) is 0 Å². The second-order valence-corrected chi connectivity index (χ2v) is 4.43. The molecule has 3 aromatic rings. The number of carbonyl (C=O) groups is 1. The van der Waals surface area contributed by atoms with E-state index in [0.29, 0.717) is 17.1 Å². The number of hydrogen-bond donors (Lipinski definition) is 2. The topological polar surface area (TPSA) is 99.0 Å². The highest BCUT2D eigenvalue weighted by molar-refractivity contribution is 5.96. The van der Waals surface area contributed by atoms with Crippen LogP contribution in [-0.2, 0) is 13.6 Å². The summed E-state index contributed by atoms with van der Waals surface area (Å²) in [6, 6.07) is 6.88. The zero-order chi connectivity index (χ0) is 14.1. The summed E-state index contributed by atoms with van der Waals surface area (Å²) in [5.41, 5.74) is 6.94. The standard InChI is InChI=1S/C13H13N5O2/c1-18-7-16-12(17-18)6-15-13(19)11-5-8-4-9(14)2-3-10(8)20-11/h2-5,7H,6,14H2,1H3,(H,15,19). The van der Waals surface area contributed by atoms with Gasteiger partial charge in [0.1, 0.15) is 11.9 Å². The molecule has 1 amide bonds. The Morgan fingerprint density at radius 1 is 1.45 bits per heavy atom. The van der Waals surface area contributed by atoms with Gasteiger partial charge in [0.05, 0.1) is 6.54 Å². The van der Waals surface area contributed by atoms with Crippen LogP contribution in [0.3, 0.4) is 0 Å². The average Bonchev–Trinajstić information content (AvgIpc) is 3.01. The van der Waals surface area contributed by atoms with Crippen molar-refractivity contribution in [1.82, 2.24) is 20.1 Å². The number of nitrogen functional groups attached to an aromatic ring is 1. The van der Waals surface area contributed by atoms with Crippen LogP contribution in [-0.4, -0.2) is 20.7 Å². The van der Waals surface area contributed by atoms with Crippen molar-refractivity contribution in [3.8, 4) is 0 Å². The summed E-state index contributed by atoms with van der Waals surface area (Å²) in [6.45, 7) is 0.249. The van der Waals surface area contributed by atoms with Crippen LogP contribution in [0.4, 0.5) is 5.69 Å². The van der Waals surface area contributed by atoms with E-state index in [-0.39, 0.29) is 18.2 Å². The maximum atomic E-state index is 12.0. The molecule has 0 spiro atoms. The van der Waals surface area contributed by atoms with Gasteiger partial charge in [0.25, 0.3) is 5.91 Å². The number of amides is 1. The Labute approximate surface area is 114 Å². The van der Waals surface area contributed by atoms with Crippen LogP contribution < -0.4 is 11.1 Å². The monoisotopic (exact) mass is 271 g/mol. The minimum absolute atomic E-state index is 0.238. The Bertz CT molecular complexity index is 774. The number of nitrogens with two attached hydrogens (primary N) is 1. The van der Waals surface area contributed by atoms with E-state index < -0.39 is 0 Å². The summed E-state index contributed by atoms with van der Waals surface area (Å²) >= 11 is 0. The molecule has 0 aliphatic carbocycles. The zero-order valence-corrected chi connectivity index (χ0v) is 10.8.